The maximum atomic E-state index is 11.8. The lowest BCUT2D eigenvalue weighted by Crippen LogP contribution is -2.43. The van der Waals surface area contributed by atoms with Crippen LogP contribution in [-0.4, -0.2) is 42.2 Å². The summed E-state index contributed by atoms with van der Waals surface area (Å²) in [6.45, 7) is 6.84. The van der Waals surface area contributed by atoms with Gasteiger partial charge in [-0.25, -0.2) is 9.79 Å². The molecule has 0 radical (unpaired) electrons. The summed E-state index contributed by atoms with van der Waals surface area (Å²) >= 11 is 0. The molecular formula is C12H21N3O. The second-order valence-corrected chi connectivity index (χ2v) is 4.40. The van der Waals surface area contributed by atoms with Crippen LogP contribution in [0.1, 0.15) is 33.6 Å². The topological polar surface area (TPSA) is 35.9 Å². The van der Waals surface area contributed by atoms with Gasteiger partial charge >= 0.3 is 6.03 Å². The molecular weight excluding hydrogens is 202 g/mol. The lowest BCUT2D eigenvalue weighted by atomic mass is 10.2. The minimum atomic E-state index is 0.00801. The Bertz CT molecular complexity index is 344. The molecule has 0 bridgehead atoms. The fraction of sp³-hybridized carbons (Fsp3) is 0.667. The van der Waals surface area contributed by atoms with E-state index >= 15 is 0 Å². The number of carbonyl (C=O) groups is 1. The van der Waals surface area contributed by atoms with Crippen LogP contribution in [0.15, 0.2) is 16.4 Å². The fourth-order valence-corrected chi connectivity index (χ4v) is 1.90. The zero-order valence-corrected chi connectivity index (χ0v) is 10.9. The largest absolute Gasteiger partial charge is 0.325 e. The minimum Gasteiger partial charge on any atom is -0.323 e. The lowest BCUT2D eigenvalue weighted by molar-refractivity contribution is 0.179. The highest BCUT2D eigenvalue weighted by Crippen LogP contribution is 2.19. The number of likely N-dealkylation sites (N-methyl/N-ethyl adjacent to an activating group) is 1. The summed E-state index contributed by atoms with van der Waals surface area (Å²) in [4.78, 5) is 19.6. The monoisotopic (exact) mass is 223 g/mol. The van der Waals surface area contributed by atoms with Gasteiger partial charge < -0.3 is 4.90 Å². The Morgan fingerprint density at radius 1 is 1.44 bits per heavy atom. The number of aliphatic imine (C=N–C) groups is 1. The molecule has 0 saturated carbocycles. The zero-order chi connectivity index (χ0) is 12.3. The van der Waals surface area contributed by atoms with E-state index in [9.17, 15) is 4.79 Å². The first-order valence-electron chi connectivity index (χ1n) is 5.70. The van der Waals surface area contributed by atoms with Gasteiger partial charge in [0.25, 0.3) is 0 Å². The average Bonchev–Trinajstić information content (AvgIpc) is 2.22. The molecule has 1 aliphatic rings. The molecule has 0 N–H and O–H groups in total. The molecule has 4 nitrogen and oxygen atoms in total. The van der Waals surface area contributed by atoms with Gasteiger partial charge in [0.15, 0.2) is 0 Å². The van der Waals surface area contributed by atoms with Gasteiger partial charge in [0, 0.05) is 26.4 Å². The molecule has 1 rings (SSSR count). The van der Waals surface area contributed by atoms with E-state index in [4.69, 9.17) is 0 Å². The number of hydrogen-bond donors (Lipinski definition) is 0. The van der Waals surface area contributed by atoms with E-state index in [0.29, 0.717) is 6.54 Å². The molecule has 0 aromatic rings. The molecule has 0 aromatic carbocycles. The smallest absolute Gasteiger partial charge is 0.323 e. The summed E-state index contributed by atoms with van der Waals surface area (Å²) in [7, 11) is 3.58. The average molecular weight is 223 g/mol. The van der Waals surface area contributed by atoms with Crippen molar-refractivity contribution < 1.29 is 4.79 Å². The third-order valence-electron chi connectivity index (χ3n) is 2.70. The molecule has 16 heavy (non-hydrogen) atoms. The molecule has 0 atom stereocenters. The van der Waals surface area contributed by atoms with E-state index in [0.717, 1.165) is 29.9 Å². The summed E-state index contributed by atoms with van der Waals surface area (Å²) in [5.41, 5.74) is 2.22. The van der Waals surface area contributed by atoms with Crippen LogP contribution in [0.25, 0.3) is 0 Å². The Morgan fingerprint density at radius 3 is 2.62 bits per heavy atom. The molecule has 0 fully saturated rings. The van der Waals surface area contributed by atoms with Gasteiger partial charge in [-0.15, -0.1) is 0 Å². The predicted molar refractivity (Wildman–Crippen MR) is 66.5 cm³/mol. The number of carbonyl (C=O) groups excluding carboxylic acids is 1. The second kappa shape index (κ2) is 5.14. The quantitative estimate of drug-likeness (QED) is 0.677. The van der Waals surface area contributed by atoms with Crippen LogP contribution in [0, 0.1) is 0 Å². The predicted octanol–water partition coefficient (Wildman–Crippen LogP) is 2.48. The van der Waals surface area contributed by atoms with Gasteiger partial charge in [0.05, 0.1) is 0 Å². The normalized spacial score (nSPS) is 18.6. The summed E-state index contributed by atoms with van der Waals surface area (Å²) in [5.74, 6) is 0.814. The Hall–Kier alpha value is -1.32. The molecule has 0 aromatic heterocycles. The molecule has 0 aliphatic carbocycles. The number of rotatable bonds is 3. The number of amides is 2. The maximum Gasteiger partial charge on any atom is 0.325 e. The van der Waals surface area contributed by atoms with Crippen LogP contribution in [0.3, 0.4) is 0 Å². The lowest BCUT2D eigenvalue weighted by Gasteiger charge is -2.32. The Kier molecular flexibility index (Phi) is 4.10. The van der Waals surface area contributed by atoms with E-state index < -0.39 is 0 Å². The third-order valence-corrected chi connectivity index (χ3v) is 2.70. The highest BCUT2D eigenvalue weighted by molar-refractivity contribution is 5.84. The summed E-state index contributed by atoms with van der Waals surface area (Å²) in [6, 6.07) is 0.00801. The molecule has 90 valence electrons. The van der Waals surface area contributed by atoms with Crippen LogP contribution >= 0.6 is 0 Å². The summed E-state index contributed by atoms with van der Waals surface area (Å²) in [6.07, 6.45) is 2.06. The van der Waals surface area contributed by atoms with Crippen molar-refractivity contribution in [2.24, 2.45) is 4.99 Å². The van der Waals surface area contributed by atoms with Gasteiger partial charge in [-0.1, -0.05) is 13.3 Å². The number of hydrogen-bond acceptors (Lipinski definition) is 2. The standard InChI is InChI=1S/C12H21N3O/c1-6-7-10(3)13-11-9(2)8-14(4)12(16)15(11)5/h6-8H2,1-5H3. The Morgan fingerprint density at radius 2 is 2.06 bits per heavy atom. The van der Waals surface area contributed by atoms with Gasteiger partial charge in [-0.2, -0.15) is 0 Å². The summed E-state index contributed by atoms with van der Waals surface area (Å²) < 4.78 is 0. The van der Waals surface area contributed by atoms with E-state index in [1.165, 1.54) is 0 Å². The molecule has 1 heterocycles. The third kappa shape index (κ3) is 2.62. The van der Waals surface area contributed by atoms with Gasteiger partial charge in [-0.05, 0) is 25.8 Å². The number of nitrogens with zero attached hydrogens (tertiary/aromatic N) is 3. The van der Waals surface area contributed by atoms with Gasteiger partial charge in [0.2, 0.25) is 0 Å². The first-order chi connectivity index (χ1) is 7.47. The zero-order valence-electron chi connectivity index (χ0n) is 10.9. The van der Waals surface area contributed by atoms with Crippen molar-refractivity contribution in [2.45, 2.75) is 33.6 Å². The van der Waals surface area contributed by atoms with Crippen LogP contribution < -0.4 is 0 Å². The first-order valence-corrected chi connectivity index (χ1v) is 5.70. The van der Waals surface area contributed by atoms with E-state index in [1.807, 2.05) is 20.9 Å². The number of urea groups is 1. The van der Waals surface area contributed by atoms with Crippen molar-refractivity contribution in [3.8, 4) is 0 Å². The van der Waals surface area contributed by atoms with Crippen molar-refractivity contribution >= 4 is 11.7 Å². The molecule has 0 unspecified atom stereocenters. The van der Waals surface area contributed by atoms with Crippen molar-refractivity contribution in [3.05, 3.63) is 11.4 Å². The van der Waals surface area contributed by atoms with Crippen molar-refractivity contribution in [3.63, 3.8) is 0 Å². The molecule has 0 saturated heterocycles. The van der Waals surface area contributed by atoms with E-state index in [2.05, 4.69) is 11.9 Å². The maximum absolute atomic E-state index is 11.8. The van der Waals surface area contributed by atoms with Crippen molar-refractivity contribution in [1.82, 2.24) is 9.80 Å². The van der Waals surface area contributed by atoms with E-state index in [-0.39, 0.29) is 6.03 Å². The fourth-order valence-electron chi connectivity index (χ4n) is 1.90. The Labute approximate surface area is 97.6 Å². The van der Waals surface area contributed by atoms with Crippen molar-refractivity contribution in [2.75, 3.05) is 20.6 Å². The van der Waals surface area contributed by atoms with Crippen molar-refractivity contribution in [1.29, 1.82) is 0 Å². The van der Waals surface area contributed by atoms with Gasteiger partial charge in [0.1, 0.15) is 5.82 Å². The van der Waals surface area contributed by atoms with Crippen LogP contribution in [0.5, 0.6) is 0 Å². The summed E-state index contributed by atoms with van der Waals surface area (Å²) in [5, 5.41) is 0. The SMILES string of the molecule is CCCC(C)=NC1=C(C)CN(C)C(=O)N1C. The molecule has 1 aliphatic heterocycles. The van der Waals surface area contributed by atoms with E-state index in [1.54, 1.807) is 16.8 Å². The molecule has 2 amide bonds. The van der Waals surface area contributed by atoms with Crippen LogP contribution in [0.2, 0.25) is 0 Å². The Balaban J connectivity index is 2.97. The second-order valence-electron chi connectivity index (χ2n) is 4.40. The van der Waals surface area contributed by atoms with Gasteiger partial charge in [-0.3, -0.25) is 4.90 Å². The first kappa shape index (κ1) is 12.7. The van der Waals surface area contributed by atoms with Crippen LogP contribution in [-0.2, 0) is 0 Å². The molecule has 4 heteroatoms. The minimum absolute atomic E-state index is 0.00801. The highest BCUT2D eigenvalue weighted by Gasteiger charge is 2.25. The van der Waals surface area contributed by atoms with Crippen LogP contribution in [0.4, 0.5) is 4.79 Å². The molecule has 0 spiro atoms. The highest BCUT2D eigenvalue weighted by atomic mass is 16.2.